The summed E-state index contributed by atoms with van der Waals surface area (Å²) >= 11 is 0. The number of hydrogen-bond acceptors (Lipinski definition) is 8. The normalized spacial score (nSPS) is 13.3. The van der Waals surface area contributed by atoms with E-state index in [2.05, 4.69) is 25.3 Å². The molecule has 5 rings (SSSR count). The van der Waals surface area contributed by atoms with Crippen LogP contribution >= 0.6 is 0 Å². The molecule has 0 spiro atoms. The number of ether oxygens (including phenoxy) is 2. The minimum atomic E-state index is -0.246. The lowest BCUT2D eigenvalue weighted by molar-refractivity contribution is 0.225. The Bertz CT molecular complexity index is 1340. The maximum atomic E-state index is 13.6. The number of halogens is 1. The second-order valence-corrected chi connectivity index (χ2v) is 8.41. The molecule has 2 aromatic carbocycles. The number of aromatic nitrogens is 3. The molecule has 9 heteroatoms. The van der Waals surface area contributed by atoms with Gasteiger partial charge in [0.05, 0.1) is 19.2 Å². The predicted octanol–water partition coefficient (Wildman–Crippen LogP) is 4.91. The third kappa shape index (κ3) is 4.38. The number of aryl methyl sites for hydroxylation is 2. The van der Waals surface area contributed by atoms with Crippen molar-refractivity contribution in [1.29, 1.82) is 0 Å². The number of fused-ring (bicyclic) bond motifs is 2. The van der Waals surface area contributed by atoms with Crippen LogP contribution in [0.5, 0.6) is 11.5 Å². The average Bonchev–Trinajstić information content (AvgIpc) is 3.40. The molecule has 34 heavy (non-hydrogen) atoms. The van der Waals surface area contributed by atoms with Crippen molar-refractivity contribution in [3.8, 4) is 11.5 Å². The molecule has 1 aliphatic rings. The Labute approximate surface area is 196 Å². The predicted molar refractivity (Wildman–Crippen MR) is 126 cm³/mol. The molecule has 8 nitrogen and oxygen atoms in total. The summed E-state index contributed by atoms with van der Waals surface area (Å²) in [4.78, 5) is 11.1. The topological polar surface area (TPSA) is 85.5 Å². The molecule has 0 saturated heterocycles. The van der Waals surface area contributed by atoms with Crippen LogP contribution in [0.4, 0.5) is 15.9 Å². The van der Waals surface area contributed by atoms with E-state index in [0.29, 0.717) is 29.5 Å². The van der Waals surface area contributed by atoms with Crippen LogP contribution in [0.1, 0.15) is 29.0 Å². The number of anilines is 2. The third-order valence-electron chi connectivity index (χ3n) is 6.04. The fraction of sp³-hybridized carbons (Fsp3) is 0.320. The second kappa shape index (κ2) is 9.26. The van der Waals surface area contributed by atoms with Crippen molar-refractivity contribution in [3.05, 3.63) is 65.1 Å². The van der Waals surface area contributed by atoms with Crippen LogP contribution in [0.3, 0.4) is 0 Å². The van der Waals surface area contributed by atoms with Crippen LogP contribution in [-0.2, 0) is 13.1 Å². The van der Waals surface area contributed by atoms with E-state index in [0.717, 1.165) is 54.1 Å². The molecule has 0 bridgehead atoms. The lowest BCUT2D eigenvalue weighted by Gasteiger charge is -2.16. The number of methoxy groups -OCH3 is 1. The first kappa shape index (κ1) is 22.1. The number of hydrogen-bond donors (Lipinski definition) is 1. The first-order chi connectivity index (χ1) is 16.5. The van der Waals surface area contributed by atoms with Crippen molar-refractivity contribution < 1.29 is 18.4 Å². The van der Waals surface area contributed by atoms with E-state index < -0.39 is 0 Å². The van der Waals surface area contributed by atoms with Crippen molar-refractivity contribution >= 4 is 22.4 Å². The summed E-state index contributed by atoms with van der Waals surface area (Å²) in [5.74, 6) is 2.50. The highest BCUT2D eigenvalue weighted by Crippen LogP contribution is 2.35. The summed E-state index contributed by atoms with van der Waals surface area (Å²) in [5.41, 5.74) is 4.25. The van der Waals surface area contributed by atoms with Gasteiger partial charge in [-0.05, 0) is 50.1 Å². The van der Waals surface area contributed by atoms with Gasteiger partial charge in [0.15, 0.2) is 11.5 Å². The number of rotatable bonds is 8. The third-order valence-corrected chi connectivity index (χ3v) is 6.04. The zero-order valence-electron chi connectivity index (χ0n) is 19.4. The molecule has 0 unspecified atom stereocenters. The average molecular weight is 464 g/mol. The van der Waals surface area contributed by atoms with Crippen molar-refractivity contribution in [2.45, 2.75) is 33.4 Å². The molecule has 1 aliphatic heterocycles. The van der Waals surface area contributed by atoms with Gasteiger partial charge >= 0.3 is 0 Å². The van der Waals surface area contributed by atoms with Gasteiger partial charge in [0.2, 0.25) is 0 Å². The molecule has 0 amide bonds. The molecule has 3 heterocycles. The highest BCUT2D eigenvalue weighted by atomic mass is 19.1. The van der Waals surface area contributed by atoms with Gasteiger partial charge in [0.25, 0.3) is 0 Å². The minimum absolute atomic E-state index is 0.246. The molecule has 0 saturated carbocycles. The second-order valence-electron chi connectivity index (χ2n) is 8.41. The largest absolute Gasteiger partial charge is 0.493 e. The zero-order chi connectivity index (χ0) is 23.7. The Morgan fingerprint density at radius 3 is 2.79 bits per heavy atom. The quantitative estimate of drug-likeness (QED) is 0.369. The summed E-state index contributed by atoms with van der Waals surface area (Å²) in [6.07, 6.45) is 2.34. The molecule has 0 aliphatic carbocycles. The monoisotopic (exact) mass is 463 g/mol. The molecule has 4 aromatic rings. The van der Waals surface area contributed by atoms with Crippen LogP contribution in [0.2, 0.25) is 0 Å². The van der Waals surface area contributed by atoms with Crippen LogP contribution < -0.4 is 14.8 Å². The highest BCUT2D eigenvalue weighted by Gasteiger charge is 2.24. The van der Waals surface area contributed by atoms with Crippen molar-refractivity contribution in [2.75, 3.05) is 25.6 Å². The fourth-order valence-electron chi connectivity index (χ4n) is 4.18. The standard InChI is InChI=1S/C25H26FN5O3/c1-15-9-17(5-6-20(15)26)29-25-18-10-24(23(32-3)11-21(18)27-14-28-25)33-8-4-7-31-12-19-16(2)34-30-22(19)13-31/h5-6,9-11,14H,4,7-8,12-13H2,1-3H3,(H,27,28,29). The molecule has 0 atom stereocenters. The van der Waals surface area contributed by atoms with E-state index in [1.54, 1.807) is 26.2 Å². The first-order valence-electron chi connectivity index (χ1n) is 11.2. The molecule has 0 radical (unpaired) electrons. The summed E-state index contributed by atoms with van der Waals surface area (Å²) < 4.78 is 30.5. The Balaban J connectivity index is 1.28. The lowest BCUT2D eigenvalue weighted by atomic mass is 10.2. The van der Waals surface area contributed by atoms with Gasteiger partial charge in [-0.2, -0.15) is 0 Å². The summed E-state index contributed by atoms with van der Waals surface area (Å²) in [5, 5.41) is 8.17. The van der Waals surface area contributed by atoms with Crippen molar-refractivity contribution in [2.24, 2.45) is 0 Å². The number of nitrogens with zero attached hydrogens (tertiary/aromatic N) is 4. The van der Waals surface area contributed by atoms with Crippen LogP contribution in [0, 0.1) is 19.7 Å². The molecular weight excluding hydrogens is 437 g/mol. The van der Waals surface area contributed by atoms with E-state index in [1.165, 1.54) is 18.0 Å². The lowest BCUT2D eigenvalue weighted by Crippen LogP contribution is -2.20. The Morgan fingerprint density at radius 1 is 1.12 bits per heavy atom. The smallest absolute Gasteiger partial charge is 0.162 e. The molecule has 0 fully saturated rings. The highest BCUT2D eigenvalue weighted by molar-refractivity contribution is 5.93. The van der Waals surface area contributed by atoms with E-state index in [4.69, 9.17) is 14.0 Å². The van der Waals surface area contributed by atoms with E-state index in [1.807, 2.05) is 19.1 Å². The van der Waals surface area contributed by atoms with Crippen LogP contribution in [-0.4, -0.2) is 40.3 Å². The maximum absolute atomic E-state index is 13.6. The van der Waals surface area contributed by atoms with Gasteiger partial charge in [0, 0.05) is 42.3 Å². The molecule has 2 aromatic heterocycles. The van der Waals surface area contributed by atoms with Gasteiger partial charge in [-0.3, -0.25) is 4.90 Å². The van der Waals surface area contributed by atoms with E-state index >= 15 is 0 Å². The maximum Gasteiger partial charge on any atom is 0.162 e. The minimum Gasteiger partial charge on any atom is -0.493 e. The Hall–Kier alpha value is -3.72. The Kier molecular flexibility index (Phi) is 6.02. The van der Waals surface area contributed by atoms with Crippen LogP contribution in [0.25, 0.3) is 10.9 Å². The van der Waals surface area contributed by atoms with Crippen LogP contribution in [0.15, 0.2) is 41.2 Å². The van der Waals surface area contributed by atoms with Gasteiger partial charge in [-0.25, -0.2) is 14.4 Å². The SMILES string of the molecule is COc1cc2ncnc(Nc3ccc(F)c(C)c3)c2cc1OCCCN1Cc2noc(C)c2C1. The first-order valence-corrected chi connectivity index (χ1v) is 11.2. The van der Waals surface area contributed by atoms with Gasteiger partial charge in [-0.15, -0.1) is 0 Å². The summed E-state index contributed by atoms with van der Waals surface area (Å²) in [6.45, 7) is 6.77. The van der Waals surface area contributed by atoms with Gasteiger partial charge < -0.3 is 19.3 Å². The molecule has 1 N–H and O–H groups in total. The van der Waals surface area contributed by atoms with Gasteiger partial charge in [0.1, 0.15) is 29.4 Å². The van der Waals surface area contributed by atoms with Gasteiger partial charge in [-0.1, -0.05) is 5.16 Å². The molecule has 176 valence electrons. The van der Waals surface area contributed by atoms with Crippen molar-refractivity contribution in [3.63, 3.8) is 0 Å². The van der Waals surface area contributed by atoms with E-state index in [9.17, 15) is 4.39 Å². The zero-order valence-corrected chi connectivity index (χ0v) is 19.4. The number of benzene rings is 2. The fourth-order valence-corrected chi connectivity index (χ4v) is 4.18. The summed E-state index contributed by atoms with van der Waals surface area (Å²) in [6, 6.07) is 8.57. The summed E-state index contributed by atoms with van der Waals surface area (Å²) in [7, 11) is 1.61. The van der Waals surface area contributed by atoms with E-state index in [-0.39, 0.29) is 5.82 Å². The Morgan fingerprint density at radius 2 is 2.00 bits per heavy atom. The molecular formula is C25H26FN5O3. The number of nitrogens with one attached hydrogen (secondary N) is 1. The van der Waals surface area contributed by atoms with Crippen molar-refractivity contribution in [1.82, 2.24) is 20.0 Å².